The normalized spacial score (nSPS) is 23.5. The summed E-state index contributed by atoms with van der Waals surface area (Å²) in [5.41, 5.74) is 0.396. The first-order chi connectivity index (χ1) is 10.6. The summed E-state index contributed by atoms with van der Waals surface area (Å²) in [4.78, 5) is 33.3. The quantitative estimate of drug-likeness (QED) is 0.855. The Kier molecular flexibility index (Phi) is 4.54. The molecule has 7 heteroatoms. The van der Waals surface area contributed by atoms with E-state index in [-0.39, 0.29) is 23.4 Å². The number of aromatic amines is 1. The molecule has 0 unspecified atom stereocenters. The van der Waals surface area contributed by atoms with Gasteiger partial charge in [-0.15, -0.1) is 0 Å². The Bertz CT molecular complexity index is 595. The Morgan fingerprint density at radius 3 is 2.82 bits per heavy atom. The summed E-state index contributed by atoms with van der Waals surface area (Å²) in [6.45, 7) is 4.44. The van der Waals surface area contributed by atoms with Crippen molar-refractivity contribution in [3.05, 3.63) is 27.9 Å². The minimum absolute atomic E-state index is 0.00237. The van der Waals surface area contributed by atoms with E-state index >= 15 is 0 Å². The number of hydrogen-bond donors (Lipinski definition) is 1. The summed E-state index contributed by atoms with van der Waals surface area (Å²) >= 11 is 0. The van der Waals surface area contributed by atoms with Crippen LogP contribution in [0.2, 0.25) is 0 Å². The third-order valence-corrected chi connectivity index (χ3v) is 4.20. The molecule has 2 aliphatic rings. The Morgan fingerprint density at radius 2 is 2.09 bits per heavy atom. The van der Waals surface area contributed by atoms with Crippen molar-refractivity contribution in [1.29, 1.82) is 0 Å². The number of amides is 1. The maximum Gasteiger partial charge on any atom is 0.251 e. The van der Waals surface area contributed by atoms with Gasteiger partial charge in [0.15, 0.2) is 0 Å². The second kappa shape index (κ2) is 6.58. The first kappa shape index (κ1) is 15.2. The van der Waals surface area contributed by atoms with Gasteiger partial charge in [0.05, 0.1) is 24.9 Å². The van der Waals surface area contributed by atoms with Gasteiger partial charge in [0, 0.05) is 31.7 Å². The molecule has 0 aliphatic carbocycles. The SMILES string of the molecule is Cc1nc([C@@H]2COCCN2C(=O)C2CCOCC2)cc(=O)[nH]1. The van der Waals surface area contributed by atoms with E-state index in [0.29, 0.717) is 44.5 Å². The minimum Gasteiger partial charge on any atom is -0.381 e. The van der Waals surface area contributed by atoms with Crippen LogP contribution in [0.1, 0.15) is 30.4 Å². The van der Waals surface area contributed by atoms with Crippen molar-refractivity contribution in [2.75, 3.05) is 33.0 Å². The number of carbonyl (C=O) groups excluding carboxylic acids is 1. The van der Waals surface area contributed by atoms with Crippen LogP contribution in [0.15, 0.2) is 10.9 Å². The van der Waals surface area contributed by atoms with E-state index in [0.717, 1.165) is 12.8 Å². The summed E-state index contributed by atoms with van der Waals surface area (Å²) < 4.78 is 10.8. The van der Waals surface area contributed by atoms with E-state index in [1.807, 2.05) is 4.90 Å². The molecule has 1 atom stereocenters. The predicted molar refractivity (Wildman–Crippen MR) is 78.4 cm³/mol. The zero-order valence-electron chi connectivity index (χ0n) is 12.7. The molecule has 2 fully saturated rings. The van der Waals surface area contributed by atoms with E-state index < -0.39 is 0 Å². The maximum absolute atomic E-state index is 12.8. The summed E-state index contributed by atoms with van der Waals surface area (Å²) in [6.07, 6.45) is 1.51. The summed E-state index contributed by atoms with van der Waals surface area (Å²) in [5, 5.41) is 0. The summed E-state index contributed by atoms with van der Waals surface area (Å²) in [7, 11) is 0. The van der Waals surface area contributed by atoms with Crippen molar-refractivity contribution in [2.45, 2.75) is 25.8 Å². The van der Waals surface area contributed by atoms with Gasteiger partial charge >= 0.3 is 0 Å². The number of hydrogen-bond acceptors (Lipinski definition) is 5. The highest BCUT2D eigenvalue weighted by molar-refractivity contribution is 5.79. The van der Waals surface area contributed by atoms with Gasteiger partial charge in [-0.2, -0.15) is 0 Å². The zero-order valence-corrected chi connectivity index (χ0v) is 12.7. The number of H-pyrrole nitrogens is 1. The third-order valence-electron chi connectivity index (χ3n) is 4.20. The van der Waals surface area contributed by atoms with Crippen molar-refractivity contribution < 1.29 is 14.3 Å². The Morgan fingerprint density at radius 1 is 1.32 bits per heavy atom. The van der Waals surface area contributed by atoms with Crippen LogP contribution < -0.4 is 5.56 Å². The molecule has 120 valence electrons. The number of aryl methyl sites for hydroxylation is 1. The average molecular weight is 307 g/mol. The second-order valence-electron chi connectivity index (χ2n) is 5.76. The number of rotatable bonds is 2. The molecule has 22 heavy (non-hydrogen) atoms. The van der Waals surface area contributed by atoms with Crippen molar-refractivity contribution in [3.63, 3.8) is 0 Å². The fraction of sp³-hybridized carbons (Fsp3) is 0.667. The highest BCUT2D eigenvalue weighted by Crippen LogP contribution is 2.27. The van der Waals surface area contributed by atoms with Crippen LogP contribution in [0, 0.1) is 12.8 Å². The largest absolute Gasteiger partial charge is 0.381 e. The molecule has 1 N–H and O–H groups in total. The van der Waals surface area contributed by atoms with Crippen LogP contribution in [0.5, 0.6) is 0 Å². The molecule has 2 aliphatic heterocycles. The monoisotopic (exact) mass is 307 g/mol. The molecule has 0 spiro atoms. The Balaban J connectivity index is 1.84. The zero-order chi connectivity index (χ0) is 15.5. The molecule has 0 bridgehead atoms. The molecule has 7 nitrogen and oxygen atoms in total. The molecule has 1 aromatic rings. The molecule has 3 rings (SSSR count). The van der Waals surface area contributed by atoms with Crippen LogP contribution in [-0.4, -0.2) is 53.7 Å². The fourth-order valence-corrected chi connectivity index (χ4v) is 3.06. The lowest BCUT2D eigenvalue weighted by Crippen LogP contribution is -2.47. The van der Waals surface area contributed by atoms with Gasteiger partial charge in [-0.3, -0.25) is 9.59 Å². The topological polar surface area (TPSA) is 84.5 Å². The number of ether oxygens (including phenoxy) is 2. The minimum atomic E-state index is -0.287. The average Bonchev–Trinajstić information content (AvgIpc) is 2.54. The van der Waals surface area contributed by atoms with Gasteiger partial charge < -0.3 is 19.4 Å². The molecule has 0 radical (unpaired) electrons. The first-order valence-electron chi connectivity index (χ1n) is 7.69. The lowest BCUT2D eigenvalue weighted by Gasteiger charge is -2.38. The molecule has 0 saturated carbocycles. The molecule has 1 amide bonds. The van der Waals surface area contributed by atoms with Gasteiger partial charge in [-0.25, -0.2) is 4.98 Å². The van der Waals surface area contributed by atoms with E-state index in [9.17, 15) is 9.59 Å². The van der Waals surface area contributed by atoms with E-state index in [1.165, 1.54) is 6.07 Å². The van der Waals surface area contributed by atoms with E-state index in [2.05, 4.69) is 9.97 Å². The number of nitrogens with one attached hydrogen (secondary N) is 1. The van der Waals surface area contributed by atoms with Crippen molar-refractivity contribution in [3.8, 4) is 0 Å². The van der Waals surface area contributed by atoms with Crippen molar-refractivity contribution >= 4 is 5.91 Å². The molecule has 3 heterocycles. The van der Waals surface area contributed by atoms with Crippen molar-refractivity contribution in [2.24, 2.45) is 5.92 Å². The number of carbonyl (C=O) groups is 1. The van der Waals surface area contributed by atoms with Gasteiger partial charge in [-0.05, 0) is 19.8 Å². The van der Waals surface area contributed by atoms with Gasteiger partial charge in [-0.1, -0.05) is 0 Å². The molecule has 1 aromatic heterocycles. The first-order valence-corrected chi connectivity index (χ1v) is 7.69. The van der Waals surface area contributed by atoms with Gasteiger partial charge in [0.2, 0.25) is 5.91 Å². The summed E-state index contributed by atoms with van der Waals surface area (Å²) in [5.74, 6) is 0.667. The van der Waals surface area contributed by atoms with E-state index in [1.54, 1.807) is 6.92 Å². The molecule has 2 saturated heterocycles. The van der Waals surface area contributed by atoms with Crippen LogP contribution in [-0.2, 0) is 14.3 Å². The lowest BCUT2D eigenvalue weighted by molar-refractivity contribution is -0.147. The highest BCUT2D eigenvalue weighted by Gasteiger charge is 2.34. The van der Waals surface area contributed by atoms with Gasteiger partial charge in [0.25, 0.3) is 5.56 Å². The Hall–Kier alpha value is -1.73. The van der Waals surface area contributed by atoms with Crippen molar-refractivity contribution in [1.82, 2.24) is 14.9 Å². The van der Waals surface area contributed by atoms with Gasteiger partial charge in [0.1, 0.15) is 5.82 Å². The number of aromatic nitrogens is 2. The van der Waals surface area contributed by atoms with Crippen LogP contribution in [0.3, 0.4) is 0 Å². The smallest absolute Gasteiger partial charge is 0.251 e. The van der Waals surface area contributed by atoms with Crippen LogP contribution in [0.25, 0.3) is 0 Å². The molecular weight excluding hydrogens is 286 g/mol. The number of nitrogens with zero attached hydrogens (tertiary/aromatic N) is 2. The molecule has 0 aromatic carbocycles. The predicted octanol–water partition coefficient (Wildman–Crippen LogP) is 0.405. The highest BCUT2D eigenvalue weighted by atomic mass is 16.5. The second-order valence-corrected chi connectivity index (χ2v) is 5.76. The summed E-state index contributed by atoms with van der Waals surface area (Å²) in [6, 6.07) is 1.17. The van der Waals surface area contributed by atoms with Crippen LogP contribution >= 0.6 is 0 Å². The fourth-order valence-electron chi connectivity index (χ4n) is 3.06. The standard InChI is InChI=1S/C15H21N3O4/c1-10-16-12(8-14(19)17-10)13-9-22-7-4-18(13)15(20)11-2-5-21-6-3-11/h8,11,13H,2-7,9H2,1H3,(H,16,17,19)/t13-/m0/s1. The lowest BCUT2D eigenvalue weighted by atomic mass is 9.97. The van der Waals surface area contributed by atoms with E-state index in [4.69, 9.17) is 9.47 Å². The Labute approximate surface area is 128 Å². The maximum atomic E-state index is 12.8. The third kappa shape index (κ3) is 3.20. The number of morpholine rings is 1. The molecular formula is C15H21N3O4. The van der Waals surface area contributed by atoms with Crippen LogP contribution in [0.4, 0.5) is 0 Å².